The normalized spacial score (nSPS) is 15.7. The molecule has 3 rings (SSSR count). The summed E-state index contributed by atoms with van der Waals surface area (Å²) in [6, 6.07) is 8.85. The molecule has 130 valence electrons. The highest BCUT2D eigenvalue weighted by molar-refractivity contribution is 7.17. The van der Waals surface area contributed by atoms with Crippen LogP contribution in [-0.2, 0) is 9.59 Å². The molecule has 6 heteroatoms. The van der Waals surface area contributed by atoms with Crippen molar-refractivity contribution in [2.75, 3.05) is 19.6 Å². The lowest BCUT2D eigenvalue weighted by atomic mass is 9.89. The van der Waals surface area contributed by atoms with Gasteiger partial charge in [-0.25, -0.2) is 9.59 Å². The second kappa shape index (κ2) is 8.80. The second-order valence-corrected chi connectivity index (χ2v) is 6.82. The second-order valence-electron chi connectivity index (χ2n) is 5.91. The first kappa shape index (κ1) is 18.4. The molecule has 2 heterocycles. The summed E-state index contributed by atoms with van der Waals surface area (Å²) >= 11 is 1.91. The van der Waals surface area contributed by atoms with Crippen LogP contribution in [0.4, 0.5) is 0 Å². The van der Waals surface area contributed by atoms with E-state index >= 15 is 0 Å². The number of hydrogen-bond acceptors (Lipinski definition) is 4. The maximum atomic E-state index is 9.10. The third-order valence-corrected chi connectivity index (χ3v) is 5.24. The molecule has 0 atom stereocenters. The lowest BCUT2D eigenvalue weighted by Crippen LogP contribution is -2.33. The Bertz CT molecular complexity index is 677. The zero-order valence-electron chi connectivity index (χ0n) is 13.8. The van der Waals surface area contributed by atoms with Gasteiger partial charge in [0.15, 0.2) is 0 Å². The third-order valence-electron chi connectivity index (χ3n) is 4.26. The van der Waals surface area contributed by atoms with Gasteiger partial charge >= 0.3 is 11.9 Å². The van der Waals surface area contributed by atoms with Gasteiger partial charge < -0.3 is 15.1 Å². The van der Waals surface area contributed by atoms with Crippen LogP contribution in [0.25, 0.3) is 10.1 Å². The molecule has 2 N–H and O–H groups in total. The quantitative estimate of drug-likeness (QED) is 0.827. The van der Waals surface area contributed by atoms with Crippen LogP contribution in [-0.4, -0.2) is 46.7 Å². The Morgan fingerprint density at radius 1 is 1.17 bits per heavy atom. The van der Waals surface area contributed by atoms with Gasteiger partial charge in [0.05, 0.1) is 0 Å². The van der Waals surface area contributed by atoms with Crippen LogP contribution in [0.2, 0.25) is 0 Å². The molecular weight excluding hydrogens is 326 g/mol. The van der Waals surface area contributed by atoms with E-state index in [0.717, 1.165) is 5.92 Å². The van der Waals surface area contributed by atoms with Crippen LogP contribution in [0.15, 0.2) is 29.6 Å². The molecule has 2 aromatic rings. The lowest BCUT2D eigenvalue weighted by Gasteiger charge is -2.31. The average molecular weight is 349 g/mol. The molecule has 5 nitrogen and oxygen atoms in total. The van der Waals surface area contributed by atoms with Crippen molar-refractivity contribution in [3.8, 4) is 0 Å². The first-order chi connectivity index (χ1) is 11.5. The number of carbonyl (C=O) groups is 2. The molecule has 0 amide bonds. The largest absolute Gasteiger partial charge is 0.473 e. The molecule has 1 aromatic carbocycles. The average Bonchev–Trinajstić information content (AvgIpc) is 3.00. The van der Waals surface area contributed by atoms with Crippen molar-refractivity contribution in [3.05, 3.63) is 35.2 Å². The number of likely N-dealkylation sites (tertiary alicyclic amines) is 1. The number of thiophene rings is 1. The van der Waals surface area contributed by atoms with Gasteiger partial charge in [0.25, 0.3) is 0 Å². The number of hydrogen-bond donors (Lipinski definition) is 2. The summed E-state index contributed by atoms with van der Waals surface area (Å²) in [5.74, 6) is -2.86. The van der Waals surface area contributed by atoms with Crippen LogP contribution in [0, 0.1) is 0 Å². The Morgan fingerprint density at radius 3 is 2.38 bits per heavy atom. The van der Waals surface area contributed by atoms with Gasteiger partial charge in [0, 0.05) is 4.70 Å². The SMILES string of the molecule is CCCN1CCC(c2csc3ccccc23)CC1.O=C(O)C(=O)O. The van der Waals surface area contributed by atoms with Crippen molar-refractivity contribution in [2.24, 2.45) is 0 Å². The van der Waals surface area contributed by atoms with E-state index in [2.05, 4.69) is 41.5 Å². The van der Waals surface area contributed by atoms with Gasteiger partial charge in [0.2, 0.25) is 0 Å². The van der Waals surface area contributed by atoms with Crippen LogP contribution >= 0.6 is 11.3 Å². The number of rotatable bonds is 3. The number of aliphatic carboxylic acids is 2. The van der Waals surface area contributed by atoms with Gasteiger partial charge in [0.1, 0.15) is 0 Å². The van der Waals surface area contributed by atoms with Crippen molar-refractivity contribution in [2.45, 2.75) is 32.1 Å². The topological polar surface area (TPSA) is 77.8 Å². The minimum Gasteiger partial charge on any atom is -0.473 e. The zero-order valence-corrected chi connectivity index (χ0v) is 14.6. The van der Waals surface area contributed by atoms with Crippen molar-refractivity contribution in [3.63, 3.8) is 0 Å². The van der Waals surface area contributed by atoms with Gasteiger partial charge in [-0.2, -0.15) is 0 Å². The molecule has 0 bridgehead atoms. The number of carboxylic acid groups (broad SMARTS) is 2. The van der Waals surface area contributed by atoms with Crippen molar-refractivity contribution >= 4 is 33.4 Å². The fourth-order valence-corrected chi connectivity index (χ4v) is 4.14. The summed E-state index contributed by atoms with van der Waals surface area (Å²) in [5, 5.41) is 18.7. The highest BCUT2D eigenvalue weighted by Gasteiger charge is 2.22. The van der Waals surface area contributed by atoms with E-state index in [0.29, 0.717) is 0 Å². The van der Waals surface area contributed by atoms with E-state index in [-0.39, 0.29) is 0 Å². The van der Waals surface area contributed by atoms with Crippen LogP contribution in [0.3, 0.4) is 0 Å². The van der Waals surface area contributed by atoms with Gasteiger partial charge in [-0.15, -0.1) is 11.3 Å². The summed E-state index contributed by atoms with van der Waals surface area (Å²) in [7, 11) is 0. The Labute approximate surface area is 145 Å². The number of piperidine rings is 1. The highest BCUT2D eigenvalue weighted by atomic mass is 32.1. The molecule has 0 spiro atoms. The molecule has 0 radical (unpaired) electrons. The van der Waals surface area contributed by atoms with Gasteiger partial charge in [-0.3, -0.25) is 0 Å². The molecule has 1 aliphatic rings. The predicted octanol–water partition coefficient (Wildman–Crippen LogP) is 3.65. The van der Waals surface area contributed by atoms with Crippen LogP contribution < -0.4 is 0 Å². The fraction of sp³-hybridized carbons (Fsp3) is 0.444. The molecule has 1 aromatic heterocycles. The van der Waals surface area contributed by atoms with Crippen molar-refractivity contribution in [1.82, 2.24) is 4.90 Å². The molecular formula is C18H23NO4S. The van der Waals surface area contributed by atoms with Gasteiger partial charge in [-0.1, -0.05) is 25.1 Å². The minimum absolute atomic E-state index is 0.786. The van der Waals surface area contributed by atoms with E-state index < -0.39 is 11.9 Å². The molecule has 0 saturated carbocycles. The summed E-state index contributed by atoms with van der Waals surface area (Å²) in [6.07, 6.45) is 3.95. The number of carboxylic acids is 2. The first-order valence-corrected chi connectivity index (χ1v) is 9.05. The summed E-state index contributed by atoms with van der Waals surface area (Å²) in [5.41, 5.74) is 1.60. The molecule has 1 saturated heterocycles. The maximum absolute atomic E-state index is 9.10. The lowest BCUT2D eigenvalue weighted by molar-refractivity contribution is -0.159. The summed E-state index contributed by atoms with van der Waals surface area (Å²) in [4.78, 5) is 20.8. The van der Waals surface area contributed by atoms with Crippen molar-refractivity contribution < 1.29 is 19.8 Å². The Morgan fingerprint density at radius 2 is 1.79 bits per heavy atom. The first-order valence-electron chi connectivity index (χ1n) is 8.17. The predicted molar refractivity (Wildman–Crippen MR) is 95.8 cm³/mol. The van der Waals surface area contributed by atoms with E-state index in [4.69, 9.17) is 19.8 Å². The standard InChI is InChI=1S/C16H21NS.C2H2O4/c1-2-9-17-10-7-13(8-11-17)15-12-18-16-6-4-3-5-14(15)16;3-1(4)2(5)6/h3-6,12-13H,2,7-11H2,1H3;(H,3,4)(H,5,6). The minimum atomic E-state index is -1.82. The van der Waals surface area contributed by atoms with E-state index in [1.54, 1.807) is 5.56 Å². The highest BCUT2D eigenvalue weighted by Crippen LogP contribution is 2.36. The molecule has 1 fully saturated rings. The van der Waals surface area contributed by atoms with Gasteiger partial charge in [-0.05, 0) is 67.2 Å². The summed E-state index contributed by atoms with van der Waals surface area (Å²) < 4.78 is 1.45. The fourth-order valence-electron chi connectivity index (χ4n) is 3.10. The monoisotopic (exact) mass is 349 g/mol. The van der Waals surface area contributed by atoms with Crippen LogP contribution in [0.5, 0.6) is 0 Å². The number of fused-ring (bicyclic) bond motifs is 1. The smallest absolute Gasteiger partial charge is 0.414 e. The van der Waals surface area contributed by atoms with E-state index in [1.807, 2.05) is 11.3 Å². The van der Waals surface area contributed by atoms with Crippen molar-refractivity contribution in [1.29, 1.82) is 0 Å². The Kier molecular flexibility index (Phi) is 6.75. The molecule has 0 unspecified atom stereocenters. The summed E-state index contributed by atoms with van der Waals surface area (Å²) in [6.45, 7) is 6.11. The molecule has 1 aliphatic heterocycles. The molecule has 0 aliphatic carbocycles. The zero-order chi connectivity index (χ0) is 17.5. The Balaban J connectivity index is 0.000000301. The van der Waals surface area contributed by atoms with E-state index in [1.165, 1.54) is 49.0 Å². The maximum Gasteiger partial charge on any atom is 0.414 e. The van der Waals surface area contributed by atoms with Crippen LogP contribution in [0.1, 0.15) is 37.7 Å². The van der Waals surface area contributed by atoms with E-state index in [9.17, 15) is 0 Å². The third kappa shape index (κ3) is 4.79. The number of benzene rings is 1. The Hall–Kier alpha value is -1.92. The number of nitrogens with zero attached hydrogens (tertiary/aromatic N) is 1. The molecule has 24 heavy (non-hydrogen) atoms.